The number of nitrogens with zero attached hydrogens (tertiary/aromatic N) is 1. The molecule has 118 valence electrons. The third kappa shape index (κ3) is 8.81. The highest BCUT2D eigenvalue weighted by Gasteiger charge is 2.21. The molecule has 0 fully saturated rings. The van der Waals surface area contributed by atoms with E-state index >= 15 is 0 Å². The molecule has 0 aromatic heterocycles. The summed E-state index contributed by atoms with van der Waals surface area (Å²) in [6.07, 6.45) is 2.00. The van der Waals surface area contributed by atoms with E-state index in [1.165, 1.54) is 0 Å². The van der Waals surface area contributed by atoms with E-state index in [1.54, 1.807) is 0 Å². The molecule has 0 heterocycles. The van der Waals surface area contributed by atoms with Gasteiger partial charge in [-0.15, -0.1) is 0 Å². The second-order valence-electron chi connectivity index (χ2n) is 5.76. The molecule has 20 heavy (non-hydrogen) atoms. The zero-order valence-electron chi connectivity index (χ0n) is 12.3. The van der Waals surface area contributed by atoms with Crippen LogP contribution in [0.1, 0.15) is 19.3 Å². The van der Waals surface area contributed by atoms with Crippen LogP contribution < -0.4 is 10.9 Å². The Kier molecular flexibility index (Phi) is 8.31. The summed E-state index contributed by atoms with van der Waals surface area (Å²) in [6, 6.07) is -2.10. The van der Waals surface area contributed by atoms with Crippen molar-refractivity contribution in [2.45, 2.75) is 31.3 Å². The summed E-state index contributed by atoms with van der Waals surface area (Å²) in [5, 5.41) is 26.6. The van der Waals surface area contributed by atoms with Crippen molar-refractivity contribution in [3.05, 3.63) is 0 Å². The molecule has 8 nitrogen and oxygen atoms in total. The van der Waals surface area contributed by atoms with Crippen LogP contribution in [0.3, 0.4) is 0 Å². The molecule has 0 aliphatic carbocycles. The van der Waals surface area contributed by atoms with Crippen molar-refractivity contribution >= 4 is 11.9 Å². The number of aliphatic hydroxyl groups is 1. The lowest BCUT2D eigenvalue weighted by molar-refractivity contribution is -0.870. The normalized spacial score (nSPS) is 14.8. The number of quaternary nitrogens is 1. The molecule has 0 saturated heterocycles. The third-order valence-corrected chi connectivity index (χ3v) is 2.78. The Balaban J connectivity index is 4.11. The molecule has 0 bridgehead atoms. The number of nitrogens with one attached hydrogen (secondary N) is 2. The second-order valence-corrected chi connectivity index (χ2v) is 5.76. The van der Waals surface area contributed by atoms with Gasteiger partial charge in [0, 0.05) is 0 Å². The number of unbranched alkanes of at least 4 members (excludes halogenated alkanes) is 1. The zero-order chi connectivity index (χ0) is 15.8. The Bertz CT molecular complexity index is 317. The van der Waals surface area contributed by atoms with Crippen molar-refractivity contribution < 1.29 is 29.4 Å². The maximum atomic E-state index is 11.0. The first-order valence-electron chi connectivity index (χ1n) is 6.55. The standard InChI is InChI=1S/C12H25N3O5/c1-15(2,3)7-5-4-6-9(11(17)18)13-14-10(8-16)12(19)20/h9-10,13-14,16H,4-8H2,1-3H3,(H-,17,18,19,20)/p+1/t9-,10-/m0/s1. The van der Waals surface area contributed by atoms with Crippen molar-refractivity contribution in [2.24, 2.45) is 0 Å². The fraction of sp³-hybridized carbons (Fsp3) is 0.833. The molecule has 0 amide bonds. The quantitative estimate of drug-likeness (QED) is 0.185. The monoisotopic (exact) mass is 292 g/mol. The molecule has 0 aliphatic rings. The second kappa shape index (κ2) is 8.85. The van der Waals surface area contributed by atoms with E-state index < -0.39 is 30.6 Å². The summed E-state index contributed by atoms with van der Waals surface area (Å²) >= 11 is 0. The Morgan fingerprint density at radius 3 is 1.90 bits per heavy atom. The van der Waals surface area contributed by atoms with E-state index in [0.717, 1.165) is 23.9 Å². The molecule has 5 N–H and O–H groups in total. The molecule has 0 rings (SSSR count). The first-order chi connectivity index (χ1) is 9.17. The maximum absolute atomic E-state index is 11.0. The summed E-state index contributed by atoms with van der Waals surface area (Å²) in [5.41, 5.74) is 4.78. The van der Waals surface area contributed by atoms with E-state index in [-0.39, 0.29) is 0 Å². The highest BCUT2D eigenvalue weighted by molar-refractivity contribution is 5.74. The number of carboxylic acid groups (broad SMARTS) is 2. The van der Waals surface area contributed by atoms with Crippen molar-refractivity contribution in [1.82, 2.24) is 10.9 Å². The van der Waals surface area contributed by atoms with Crippen LogP contribution >= 0.6 is 0 Å². The van der Waals surface area contributed by atoms with Crippen molar-refractivity contribution in [3.63, 3.8) is 0 Å². The van der Waals surface area contributed by atoms with Crippen LogP contribution in [0.25, 0.3) is 0 Å². The fourth-order valence-corrected chi connectivity index (χ4v) is 1.58. The van der Waals surface area contributed by atoms with Gasteiger partial charge in [-0.1, -0.05) is 0 Å². The van der Waals surface area contributed by atoms with E-state index in [2.05, 4.69) is 32.0 Å². The van der Waals surface area contributed by atoms with E-state index in [1.807, 2.05) is 0 Å². The summed E-state index contributed by atoms with van der Waals surface area (Å²) in [5.74, 6) is -2.29. The third-order valence-electron chi connectivity index (χ3n) is 2.78. The van der Waals surface area contributed by atoms with E-state index in [9.17, 15) is 9.59 Å². The molecule has 0 saturated carbocycles. The van der Waals surface area contributed by atoms with Gasteiger partial charge in [0.1, 0.15) is 12.1 Å². The van der Waals surface area contributed by atoms with Gasteiger partial charge in [-0.25, -0.2) is 10.9 Å². The summed E-state index contributed by atoms with van der Waals surface area (Å²) < 4.78 is 0.815. The van der Waals surface area contributed by atoms with Crippen molar-refractivity contribution in [3.8, 4) is 0 Å². The van der Waals surface area contributed by atoms with Crippen LogP contribution in [-0.4, -0.2) is 78.1 Å². The predicted octanol–water partition coefficient (Wildman–Crippen LogP) is -1.14. The lowest BCUT2D eigenvalue weighted by atomic mass is 10.1. The van der Waals surface area contributed by atoms with E-state index in [4.69, 9.17) is 15.3 Å². The minimum absolute atomic E-state index is 0.389. The first kappa shape index (κ1) is 18.8. The zero-order valence-corrected chi connectivity index (χ0v) is 12.3. The number of rotatable bonds is 11. The number of aliphatic hydroxyl groups excluding tert-OH is 1. The van der Waals surface area contributed by atoms with Gasteiger partial charge in [-0.2, -0.15) is 0 Å². The van der Waals surface area contributed by atoms with Crippen LogP contribution in [0.4, 0.5) is 0 Å². The first-order valence-corrected chi connectivity index (χ1v) is 6.55. The van der Waals surface area contributed by atoms with Gasteiger partial charge in [-0.05, 0) is 19.3 Å². The SMILES string of the molecule is C[N+](C)(C)CCCC[C@H](NN[C@@H](CO)C(=O)O)C(=O)O. The molecule has 8 heteroatoms. The van der Waals surface area contributed by atoms with Crippen LogP contribution in [0.15, 0.2) is 0 Å². The van der Waals surface area contributed by atoms with Gasteiger partial charge in [-0.3, -0.25) is 9.59 Å². The Morgan fingerprint density at radius 1 is 1.00 bits per heavy atom. The highest BCUT2D eigenvalue weighted by Crippen LogP contribution is 2.04. The molecule has 0 aromatic rings. The smallest absolute Gasteiger partial charge is 0.324 e. The maximum Gasteiger partial charge on any atom is 0.324 e. The lowest BCUT2D eigenvalue weighted by Gasteiger charge is -2.24. The largest absolute Gasteiger partial charge is 0.480 e. The molecule has 2 atom stereocenters. The Hall–Kier alpha value is -1.22. The molecular formula is C12H26N3O5+. The summed E-state index contributed by atoms with van der Waals surface area (Å²) in [6.45, 7) is 0.324. The molecule has 0 aromatic carbocycles. The van der Waals surface area contributed by atoms with Gasteiger partial charge in [0.05, 0.1) is 34.3 Å². The van der Waals surface area contributed by atoms with Gasteiger partial charge in [0.25, 0.3) is 0 Å². The van der Waals surface area contributed by atoms with Crippen LogP contribution in [0, 0.1) is 0 Å². The number of hydrogen-bond donors (Lipinski definition) is 5. The fourth-order valence-electron chi connectivity index (χ4n) is 1.58. The van der Waals surface area contributed by atoms with Crippen LogP contribution in [0.2, 0.25) is 0 Å². The van der Waals surface area contributed by atoms with Crippen molar-refractivity contribution in [2.75, 3.05) is 34.3 Å². The predicted molar refractivity (Wildman–Crippen MR) is 73.0 cm³/mol. The Morgan fingerprint density at radius 2 is 1.50 bits per heavy atom. The summed E-state index contributed by atoms with van der Waals surface area (Å²) in [4.78, 5) is 21.7. The topological polar surface area (TPSA) is 119 Å². The molecular weight excluding hydrogens is 266 g/mol. The number of carbonyl (C=O) groups is 2. The van der Waals surface area contributed by atoms with Crippen LogP contribution in [0.5, 0.6) is 0 Å². The average molecular weight is 292 g/mol. The van der Waals surface area contributed by atoms with Gasteiger partial charge in [0.15, 0.2) is 0 Å². The number of hydrazine groups is 1. The molecule has 0 unspecified atom stereocenters. The minimum atomic E-state index is -1.24. The van der Waals surface area contributed by atoms with E-state index in [0.29, 0.717) is 6.42 Å². The van der Waals surface area contributed by atoms with Crippen molar-refractivity contribution in [1.29, 1.82) is 0 Å². The van der Waals surface area contributed by atoms with Gasteiger partial charge < -0.3 is 19.8 Å². The van der Waals surface area contributed by atoms with Gasteiger partial charge >= 0.3 is 11.9 Å². The molecule has 0 radical (unpaired) electrons. The molecule has 0 spiro atoms. The Labute approximate surface area is 118 Å². The molecule has 0 aliphatic heterocycles. The lowest BCUT2D eigenvalue weighted by Crippen LogP contribution is -2.53. The summed E-state index contributed by atoms with van der Waals surface area (Å²) in [7, 11) is 6.19. The average Bonchev–Trinajstić information content (AvgIpc) is 2.30. The minimum Gasteiger partial charge on any atom is -0.480 e. The highest BCUT2D eigenvalue weighted by atomic mass is 16.4. The number of aliphatic carboxylic acids is 2. The van der Waals surface area contributed by atoms with Crippen LogP contribution in [-0.2, 0) is 9.59 Å². The number of hydrogen-bond acceptors (Lipinski definition) is 5. The number of carboxylic acids is 2. The van der Waals surface area contributed by atoms with Gasteiger partial charge in [0.2, 0.25) is 0 Å².